The number of benzene rings is 2. The summed E-state index contributed by atoms with van der Waals surface area (Å²) in [6.45, 7) is 7.96. The Hall–Kier alpha value is -4.50. The number of carboxylic acid groups (broad SMARTS) is 1. The number of carboxylic acids is 1. The van der Waals surface area contributed by atoms with Crippen LogP contribution in [-0.2, 0) is 22.2 Å². The summed E-state index contributed by atoms with van der Waals surface area (Å²) in [5, 5.41) is 12.3. The number of nitrogens with zero attached hydrogens (tertiary/aromatic N) is 2. The van der Waals surface area contributed by atoms with Gasteiger partial charge >= 0.3 is 12.1 Å². The molecule has 2 N–H and O–H groups in total. The molecule has 1 amide bonds. The Morgan fingerprint density at radius 2 is 1.71 bits per heavy atom. The second-order valence-corrected chi connectivity index (χ2v) is 13.0. The first-order valence-corrected chi connectivity index (χ1v) is 15.5. The molecule has 1 aromatic heterocycles. The summed E-state index contributed by atoms with van der Waals surface area (Å²) in [5.74, 6) is -1.77. The summed E-state index contributed by atoms with van der Waals surface area (Å²) in [4.78, 5) is 41.2. The van der Waals surface area contributed by atoms with Crippen LogP contribution >= 0.6 is 0 Å². The van der Waals surface area contributed by atoms with Crippen LogP contribution in [0, 0.1) is 49.7 Å². The van der Waals surface area contributed by atoms with Crippen molar-refractivity contribution in [3.63, 3.8) is 0 Å². The smallest absolute Gasteiger partial charge is 0.416 e. The lowest BCUT2D eigenvalue weighted by Gasteiger charge is -2.37. The number of aryl methyl sites for hydroxylation is 2. The minimum Gasteiger partial charge on any atom is -0.481 e. The van der Waals surface area contributed by atoms with Crippen LogP contribution in [0.25, 0.3) is 11.1 Å². The highest BCUT2D eigenvalue weighted by molar-refractivity contribution is 5.82. The average Bonchev–Trinajstić information content (AvgIpc) is 2.94. The molecule has 0 spiro atoms. The van der Waals surface area contributed by atoms with Crippen molar-refractivity contribution in [3.05, 3.63) is 91.9 Å². The number of aromatic nitrogens is 1. The first-order chi connectivity index (χ1) is 22.4. The zero-order valence-corrected chi connectivity index (χ0v) is 27.3. The number of nitrogens with one attached hydrogen (secondary N) is 1. The fraction of sp³-hybridized carbons (Fsp3) is 0.417. The van der Waals surface area contributed by atoms with E-state index in [1.165, 1.54) is 24.3 Å². The summed E-state index contributed by atoms with van der Waals surface area (Å²) < 4.78 is 73.0. The maximum Gasteiger partial charge on any atom is 0.416 e. The molecule has 3 aromatic rings. The highest BCUT2D eigenvalue weighted by Crippen LogP contribution is 2.36. The average molecular weight is 672 g/mol. The van der Waals surface area contributed by atoms with Crippen LogP contribution in [0.5, 0.6) is 0 Å². The third kappa shape index (κ3) is 8.13. The van der Waals surface area contributed by atoms with Gasteiger partial charge in [0.05, 0.1) is 23.6 Å². The van der Waals surface area contributed by atoms with Crippen molar-refractivity contribution in [2.45, 2.75) is 65.2 Å². The topological polar surface area (TPSA) is 91.6 Å². The molecule has 4 rings (SSSR count). The molecule has 1 saturated heterocycles. The van der Waals surface area contributed by atoms with Crippen LogP contribution in [-0.4, -0.2) is 46.6 Å². The fourth-order valence-corrected chi connectivity index (χ4v) is 6.52. The number of pyridine rings is 1. The van der Waals surface area contributed by atoms with E-state index in [2.05, 4.69) is 11.2 Å². The molecule has 7 nitrogen and oxygen atoms in total. The Kier molecular flexibility index (Phi) is 10.8. The van der Waals surface area contributed by atoms with Crippen LogP contribution in [0.1, 0.15) is 72.2 Å². The molecule has 256 valence electrons. The number of hydrogen-bond acceptors (Lipinski definition) is 4. The first kappa shape index (κ1) is 36.3. The van der Waals surface area contributed by atoms with Crippen molar-refractivity contribution < 1.29 is 36.6 Å². The Balaban J connectivity index is 1.81. The molecular weight excluding hydrogens is 633 g/mol. The first-order valence-electron chi connectivity index (χ1n) is 15.5. The lowest BCUT2D eigenvalue weighted by molar-refractivity contribution is -0.139. The number of terminal acetylenes is 1. The monoisotopic (exact) mass is 671 g/mol. The van der Waals surface area contributed by atoms with Crippen molar-refractivity contribution in [1.29, 1.82) is 0 Å². The number of aliphatic carboxylic acids is 1. The normalized spacial score (nSPS) is 15.1. The SMILES string of the molecule is C#Cc1cc(-c2c(C)cc(F)cc2C)cc([C@H](CC(=O)O)NC(=O)[C@H](CC(C)C)n2cc(CC3CN(C)C3)c(C(F)(F)F)cc2=O)c1F. The highest BCUT2D eigenvalue weighted by Gasteiger charge is 2.37. The van der Waals surface area contributed by atoms with E-state index in [4.69, 9.17) is 6.42 Å². The van der Waals surface area contributed by atoms with E-state index >= 15 is 4.39 Å². The maximum atomic E-state index is 15.9. The second-order valence-electron chi connectivity index (χ2n) is 13.0. The molecule has 2 aromatic carbocycles. The van der Waals surface area contributed by atoms with E-state index in [1.807, 2.05) is 11.9 Å². The molecule has 12 heteroatoms. The van der Waals surface area contributed by atoms with Gasteiger partial charge in [0, 0.05) is 30.9 Å². The number of alkyl halides is 3. The summed E-state index contributed by atoms with van der Waals surface area (Å²) in [6, 6.07) is 2.93. The number of likely N-dealkylation sites (tertiary alicyclic amines) is 1. The third-order valence-corrected chi connectivity index (χ3v) is 8.56. The zero-order valence-electron chi connectivity index (χ0n) is 27.3. The molecule has 0 saturated carbocycles. The van der Waals surface area contributed by atoms with Gasteiger partial charge in [-0.25, -0.2) is 8.78 Å². The maximum absolute atomic E-state index is 15.9. The lowest BCUT2D eigenvalue weighted by atomic mass is 9.90. The quantitative estimate of drug-likeness (QED) is 0.181. The molecule has 0 unspecified atom stereocenters. The van der Waals surface area contributed by atoms with Gasteiger partial charge in [0.1, 0.15) is 17.7 Å². The van der Waals surface area contributed by atoms with Crippen molar-refractivity contribution >= 4 is 11.9 Å². The standard InChI is InChI=1S/C36H38F5N3O4/c1-7-23-12-24(33-20(4)9-26(37)10-21(33)5)13-27(34(23)38)29(15-32(46)47)42-35(48)30(8-19(2)3)44-18-25(11-22-16-43(6)17-22)28(14-31(44)45)36(39,40)41/h1,9-10,12-14,18-19,22,29-30H,8,11,15-17H2,2-6H3,(H,42,48)(H,46,47)/t29-,30-/m0/s1. The molecule has 2 heterocycles. The fourth-order valence-electron chi connectivity index (χ4n) is 6.52. The van der Waals surface area contributed by atoms with Crippen molar-refractivity contribution in [3.8, 4) is 23.5 Å². The Labute approximate surface area is 275 Å². The number of carbonyl (C=O) groups excluding carboxylic acids is 1. The van der Waals surface area contributed by atoms with Gasteiger partial charge in [0.25, 0.3) is 5.56 Å². The Morgan fingerprint density at radius 1 is 1.08 bits per heavy atom. The van der Waals surface area contributed by atoms with Crippen LogP contribution < -0.4 is 10.9 Å². The van der Waals surface area contributed by atoms with Gasteiger partial charge in [-0.2, -0.15) is 13.2 Å². The summed E-state index contributed by atoms with van der Waals surface area (Å²) in [5.41, 5.74) is -0.820. The molecule has 1 aliphatic rings. The van der Waals surface area contributed by atoms with Crippen LogP contribution in [0.2, 0.25) is 0 Å². The van der Waals surface area contributed by atoms with E-state index < -0.39 is 59.3 Å². The van der Waals surface area contributed by atoms with E-state index in [0.717, 1.165) is 10.8 Å². The van der Waals surface area contributed by atoms with Crippen molar-refractivity contribution in [2.75, 3.05) is 20.1 Å². The largest absolute Gasteiger partial charge is 0.481 e. The van der Waals surface area contributed by atoms with Gasteiger partial charge in [-0.3, -0.25) is 14.4 Å². The molecule has 1 aliphatic heterocycles. The van der Waals surface area contributed by atoms with Crippen LogP contribution in [0.3, 0.4) is 0 Å². The lowest BCUT2D eigenvalue weighted by Crippen LogP contribution is -2.45. The summed E-state index contributed by atoms with van der Waals surface area (Å²) >= 11 is 0. The predicted octanol–water partition coefficient (Wildman–Crippen LogP) is 6.43. The number of carbonyl (C=O) groups is 2. The second kappa shape index (κ2) is 14.3. The summed E-state index contributed by atoms with van der Waals surface area (Å²) in [6.07, 6.45) is 1.13. The number of rotatable bonds is 11. The van der Waals surface area contributed by atoms with Gasteiger partial charge in [-0.15, -0.1) is 6.42 Å². The van der Waals surface area contributed by atoms with Crippen molar-refractivity contribution in [1.82, 2.24) is 14.8 Å². The molecule has 0 bridgehead atoms. The minimum absolute atomic E-state index is 0.00853. The molecule has 2 atom stereocenters. The van der Waals surface area contributed by atoms with E-state index in [0.29, 0.717) is 41.4 Å². The van der Waals surface area contributed by atoms with E-state index in [9.17, 15) is 37.1 Å². The zero-order chi connectivity index (χ0) is 35.7. The van der Waals surface area contributed by atoms with Gasteiger partial charge < -0.3 is 19.9 Å². The highest BCUT2D eigenvalue weighted by atomic mass is 19.4. The number of halogens is 5. The molecule has 0 radical (unpaired) electrons. The van der Waals surface area contributed by atoms with Gasteiger partial charge in [0.2, 0.25) is 5.91 Å². The number of hydrogen-bond donors (Lipinski definition) is 2. The van der Waals surface area contributed by atoms with Gasteiger partial charge in [-0.1, -0.05) is 19.8 Å². The van der Waals surface area contributed by atoms with E-state index in [-0.39, 0.29) is 41.4 Å². The molecule has 1 fully saturated rings. The van der Waals surface area contributed by atoms with E-state index in [1.54, 1.807) is 27.7 Å². The van der Waals surface area contributed by atoms with Crippen LogP contribution in [0.15, 0.2) is 41.3 Å². The van der Waals surface area contributed by atoms with Crippen LogP contribution in [0.4, 0.5) is 22.0 Å². The molecular formula is C36H38F5N3O4. The summed E-state index contributed by atoms with van der Waals surface area (Å²) in [7, 11) is 1.84. The minimum atomic E-state index is -4.80. The third-order valence-electron chi connectivity index (χ3n) is 8.56. The predicted molar refractivity (Wildman–Crippen MR) is 171 cm³/mol. The van der Waals surface area contributed by atoms with Gasteiger partial charge in [0.15, 0.2) is 0 Å². The molecule has 48 heavy (non-hydrogen) atoms. The van der Waals surface area contributed by atoms with Gasteiger partial charge in [-0.05, 0) is 97.7 Å². The van der Waals surface area contributed by atoms with Crippen molar-refractivity contribution in [2.24, 2.45) is 11.8 Å². The number of amides is 1. The Morgan fingerprint density at radius 3 is 2.23 bits per heavy atom. The Bertz CT molecular complexity index is 1800. The molecule has 0 aliphatic carbocycles.